The molecule has 0 radical (unpaired) electrons. The molecule has 0 saturated carbocycles. The van der Waals surface area contributed by atoms with E-state index >= 15 is 0 Å². The molecule has 2 aromatic rings. The third-order valence-corrected chi connectivity index (χ3v) is 3.58. The predicted molar refractivity (Wildman–Crippen MR) is 76.3 cm³/mol. The fraction of sp³-hybridized carbons (Fsp3) is 0.200. The van der Waals surface area contributed by atoms with Crippen molar-refractivity contribution < 1.29 is 13.2 Å². The molecule has 112 valence electrons. The highest BCUT2D eigenvalue weighted by Gasteiger charge is 2.16. The molecule has 6 heteroatoms. The lowest BCUT2D eigenvalue weighted by Crippen LogP contribution is -2.39. The van der Waals surface area contributed by atoms with Gasteiger partial charge in [-0.25, -0.2) is 13.2 Å². The molecule has 0 aromatic heterocycles. The first-order valence-electron chi connectivity index (χ1n) is 6.34. The van der Waals surface area contributed by atoms with Gasteiger partial charge in [0.1, 0.15) is 17.5 Å². The van der Waals surface area contributed by atoms with Crippen LogP contribution in [-0.4, -0.2) is 6.04 Å². The fourth-order valence-electron chi connectivity index (χ4n) is 2.13. The van der Waals surface area contributed by atoms with Gasteiger partial charge in [0.05, 0.1) is 0 Å². The summed E-state index contributed by atoms with van der Waals surface area (Å²) in [6.45, 7) is 0. The lowest BCUT2D eigenvalue weighted by atomic mass is 9.98. The van der Waals surface area contributed by atoms with Crippen molar-refractivity contribution in [3.63, 3.8) is 0 Å². The zero-order valence-corrected chi connectivity index (χ0v) is 11.8. The van der Waals surface area contributed by atoms with E-state index in [0.29, 0.717) is 5.56 Å². The van der Waals surface area contributed by atoms with Crippen LogP contribution in [0.3, 0.4) is 0 Å². The van der Waals surface area contributed by atoms with Gasteiger partial charge < -0.3 is 0 Å². The quantitative estimate of drug-likeness (QED) is 0.656. The van der Waals surface area contributed by atoms with E-state index < -0.39 is 23.5 Å². The lowest BCUT2D eigenvalue weighted by Gasteiger charge is -2.17. The van der Waals surface area contributed by atoms with Gasteiger partial charge in [0.15, 0.2) is 0 Å². The Hall–Kier alpha value is -1.56. The summed E-state index contributed by atoms with van der Waals surface area (Å²) in [7, 11) is 0. The number of hydrazine groups is 1. The maximum atomic E-state index is 13.7. The molecule has 1 unspecified atom stereocenters. The molecule has 2 aromatic carbocycles. The molecular formula is C15H14ClF3N2. The number of nitrogens with two attached hydrogens (primary N) is 1. The Kier molecular flexibility index (Phi) is 5.22. The second-order valence-corrected chi connectivity index (χ2v) is 5.11. The summed E-state index contributed by atoms with van der Waals surface area (Å²) >= 11 is 5.95. The number of rotatable bonds is 5. The van der Waals surface area contributed by atoms with Crippen LogP contribution in [0.1, 0.15) is 11.1 Å². The number of hydrogen-bond donors (Lipinski definition) is 2. The van der Waals surface area contributed by atoms with Gasteiger partial charge in [-0.2, -0.15) is 0 Å². The topological polar surface area (TPSA) is 38.0 Å². The number of hydrogen-bond acceptors (Lipinski definition) is 2. The first-order chi connectivity index (χ1) is 10.0. The third kappa shape index (κ3) is 3.97. The summed E-state index contributed by atoms with van der Waals surface area (Å²) < 4.78 is 40.5. The van der Waals surface area contributed by atoms with Crippen LogP contribution in [0.15, 0.2) is 36.4 Å². The van der Waals surface area contributed by atoms with E-state index in [9.17, 15) is 13.2 Å². The molecule has 0 fully saturated rings. The molecule has 0 spiro atoms. The number of benzene rings is 2. The first kappa shape index (κ1) is 15.8. The summed E-state index contributed by atoms with van der Waals surface area (Å²) in [4.78, 5) is 0. The average Bonchev–Trinajstić information content (AvgIpc) is 2.45. The van der Waals surface area contributed by atoms with E-state index in [0.717, 1.165) is 18.2 Å². The zero-order valence-electron chi connectivity index (χ0n) is 11.0. The standard InChI is InChI=1S/C15H14ClF3N2/c16-13-2-1-3-15(19)12(13)8-11(21-20)7-9-6-10(17)4-5-14(9)18/h1-6,11,21H,7-8,20H2. The molecule has 21 heavy (non-hydrogen) atoms. The van der Waals surface area contributed by atoms with Crippen molar-refractivity contribution in [3.05, 3.63) is 70.0 Å². The van der Waals surface area contributed by atoms with Crippen molar-refractivity contribution >= 4 is 11.6 Å². The Morgan fingerprint density at radius 1 is 1.05 bits per heavy atom. The normalized spacial score (nSPS) is 12.4. The number of halogens is 4. The first-order valence-corrected chi connectivity index (χ1v) is 6.72. The van der Waals surface area contributed by atoms with Crippen molar-refractivity contribution in [3.8, 4) is 0 Å². The van der Waals surface area contributed by atoms with Crippen molar-refractivity contribution in [2.75, 3.05) is 0 Å². The molecule has 0 heterocycles. The monoisotopic (exact) mass is 314 g/mol. The van der Waals surface area contributed by atoms with Gasteiger partial charge in [0, 0.05) is 16.6 Å². The van der Waals surface area contributed by atoms with Crippen LogP contribution in [0.4, 0.5) is 13.2 Å². The van der Waals surface area contributed by atoms with Gasteiger partial charge >= 0.3 is 0 Å². The molecule has 0 aliphatic heterocycles. The van der Waals surface area contributed by atoms with Crippen molar-refractivity contribution in [1.82, 2.24) is 5.43 Å². The third-order valence-electron chi connectivity index (χ3n) is 3.22. The molecule has 3 N–H and O–H groups in total. The van der Waals surface area contributed by atoms with Crippen LogP contribution in [0, 0.1) is 17.5 Å². The summed E-state index contributed by atoms with van der Waals surface area (Å²) in [5, 5.41) is 0.273. The Morgan fingerprint density at radius 2 is 1.81 bits per heavy atom. The van der Waals surface area contributed by atoms with E-state index in [2.05, 4.69) is 5.43 Å². The minimum atomic E-state index is -0.536. The van der Waals surface area contributed by atoms with E-state index in [1.165, 1.54) is 12.1 Å². The van der Waals surface area contributed by atoms with Gasteiger partial charge in [-0.1, -0.05) is 17.7 Å². The molecule has 1 atom stereocenters. The summed E-state index contributed by atoms with van der Waals surface area (Å²) in [5.41, 5.74) is 2.95. The Bertz CT molecular complexity index is 614. The maximum absolute atomic E-state index is 13.7. The van der Waals surface area contributed by atoms with Gasteiger partial charge in [-0.3, -0.25) is 11.3 Å². The highest BCUT2D eigenvalue weighted by Crippen LogP contribution is 2.22. The van der Waals surface area contributed by atoms with Crippen LogP contribution in [0.25, 0.3) is 0 Å². The summed E-state index contributed by atoms with van der Waals surface area (Å²) in [5.74, 6) is 3.90. The summed E-state index contributed by atoms with van der Waals surface area (Å²) in [6.07, 6.45) is 0.280. The maximum Gasteiger partial charge on any atom is 0.127 e. The van der Waals surface area contributed by atoms with Crippen LogP contribution in [0.5, 0.6) is 0 Å². The van der Waals surface area contributed by atoms with Gasteiger partial charge in [0.2, 0.25) is 0 Å². The van der Waals surface area contributed by atoms with Crippen LogP contribution < -0.4 is 11.3 Å². The van der Waals surface area contributed by atoms with Crippen LogP contribution in [-0.2, 0) is 12.8 Å². The molecular weight excluding hydrogens is 301 g/mol. The molecule has 0 amide bonds. The van der Waals surface area contributed by atoms with Crippen molar-refractivity contribution in [2.45, 2.75) is 18.9 Å². The molecule has 0 bridgehead atoms. The molecule has 2 nitrogen and oxygen atoms in total. The highest BCUT2D eigenvalue weighted by molar-refractivity contribution is 6.31. The molecule has 0 aliphatic rings. The fourth-order valence-corrected chi connectivity index (χ4v) is 2.37. The Morgan fingerprint density at radius 3 is 2.48 bits per heavy atom. The van der Waals surface area contributed by atoms with E-state index in [1.807, 2.05) is 0 Å². The average molecular weight is 315 g/mol. The predicted octanol–water partition coefficient (Wildman–Crippen LogP) is 3.37. The summed E-state index contributed by atoms with van der Waals surface area (Å²) in [6, 6.07) is 7.07. The zero-order chi connectivity index (χ0) is 15.4. The van der Waals surface area contributed by atoms with E-state index in [4.69, 9.17) is 17.4 Å². The lowest BCUT2D eigenvalue weighted by molar-refractivity contribution is 0.491. The van der Waals surface area contributed by atoms with Crippen LogP contribution >= 0.6 is 11.6 Å². The Balaban J connectivity index is 2.19. The van der Waals surface area contributed by atoms with Crippen LogP contribution in [0.2, 0.25) is 5.02 Å². The van der Waals surface area contributed by atoms with E-state index in [1.54, 1.807) is 6.07 Å². The number of nitrogens with one attached hydrogen (secondary N) is 1. The van der Waals surface area contributed by atoms with E-state index in [-0.39, 0.29) is 23.4 Å². The minimum absolute atomic E-state index is 0.116. The molecule has 0 aliphatic carbocycles. The van der Waals surface area contributed by atoms with Gasteiger partial charge in [-0.05, 0) is 48.7 Å². The highest BCUT2D eigenvalue weighted by atomic mass is 35.5. The van der Waals surface area contributed by atoms with Crippen molar-refractivity contribution in [1.29, 1.82) is 0 Å². The smallest absolute Gasteiger partial charge is 0.127 e. The molecule has 2 rings (SSSR count). The SMILES string of the molecule is NNC(Cc1cc(F)ccc1F)Cc1c(F)cccc1Cl. The molecule has 0 saturated heterocycles. The largest absolute Gasteiger partial charge is 0.271 e. The Labute approximate surface area is 125 Å². The minimum Gasteiger partial charge on any atom is -0.271 e. The van der Waals surface area contributed by atoms with Gasteiger partial charge in [-0.15, -0.1) is 0 Å². The van der Waals surface area contributed by atoms with Crippen molar-refractivity contribution in [2.24, 2.45) is 5.84 Å². The second kappa shape index (κ2) is 6.93. The second-order valence-electron chi connectivity index (χ2n) is 4.71. The van der Waals surface area contributed by atoms with Gasteiger partial charge in [0.25, 0.3) is 0 Å².